The molecule has 2 heterocycles. The molecule has 2 aliphatic rings. The summed E-state index contributed by atoms with van der Waals surface area (Å²) in [5.74, 6) is 0.950. The Morgan fingerprint density at radius 1 is 1.24 bits per heavy atom. The summed E-state index contributed by atoms with van der Waals surface area (Å²) >= 11 is 0. The van der Waals surface area contributed by atoms with Gasteiger partial charge in [0, 0.05) is 13.1 Å². The predicted molar refractivity (Wildman–Crippen MR) is 87.8 cm³/mol. The van der Waals surface area contributed by atoms with Gasteiger partial charge in [0.1, 0.15) is 0 Å². The monoisotopic (exact) mass is 296 g/mol. The average molecular weight is 296 g/mol. The molecule has 0 aliphatic carbocycles. The Morgan fingerprint density at radius 3 is 2.67 bits per heavy atom. The SMILES string of the molecule is CCCN(CC)CCN=C(NCC)NC1CC2CCC1O2. The van der Waals surface area contributed by atoms with Crippen LogP contribution in [0.3, 0.4) is 0 Å². The number of aliphatic imine (C=N–C) groups is 1. The second-order valence-corrected chi connectivity index (χ2v) is 6.06. The normalized spacial score (nSPS) is 28.4. The van der Waals surface area contributed by atoms with Crippen LogP contribution in [0.2, 0.25) is 0 Å². The van der Waals surface area contributed by atoms with E-state index in [2.05, 4.69) is 36.3 Å². The van der Waals surface area contributed by atoms with E-state index in [-0.39, 0.29) is 0 Å². The molecule has 3 unspecified atom stereocenters. The van der Waals surface area contributed by atoms with Gasteiger partial charge in [-0.05, 0) is 45.7 Å². The molecule has 0 radical (unpaired) electrons. The average Bonchev–Trinajstić information content (AvgIpc) is 3.09. The Balaban J connectivity index is 1.78. The number of fused-ring (bicyclic) bond motifs is 2. The molecular weight excluding hydrogens is 264 g/mol. The van der Waals surface area contributed by atoms with E-state index in [1.54, 1.807) is 0 Å². The Bertz CT molecular complexity index is 334. The lowest BCUT2D eigenvalue weighted by Crippen LogP contribution is -2.47. The number of nitrogens with zero attached hydrogens (tertiary/aromatic N) is 2. The zero-order valence-corrected chi connectivity index (χ0v) is 13.9. The molecule has 2 aliphatic heterocycles. The van der Waals surface area contributed by atoms with Crippen LogP contribution in [0, 0.1) is 0 Å². The lowest BCUT2D eigenvalue weighted by atomic mass is 9.96. The van der Waals surface area contributed by atoms with E-state index in [1.807, 2.05) is 0 Å². The molecule has 0 aromatic heterocycles. The number of ether oxygens (including phenoxy) is 1. The number of nitrogens with one attached hydrogen (secondary N) is 2. The Morgan fingerprint density at radius 2 is 2.10 bits per heavy atom. The van der Waals surface area contributed by atoms with Crippen LogP contribution in [-0.2, 0) is 4.74 Å². The Kier molecular flexibility index (Phi) is 6.77. The van der Waals surface area contributed by atoms with Gasteiger partial charge in [-0.25, -0.2) is 0 Å². The molecule has 0 aromatic rings. The maximum atomic E-state index is 5.90. The van der Waals surface area contributed by atoms with Gasteiger partial charge >= 0.3 is 0 Å². The van der Waals surface area contributed by atoms with Crippen molar-refractivity contribution in [1.29, 1.82) is 0 Å². The van der Waals surface area contributed by atoms with Crippen molar-refractivity contribution in [1.82, 2.24) is 15.5 Å². The van der Waals surface area contributed by atoms with Crippen LogP contribution in [-0.4, -0.2) is 61.8 Å². The van der Waals surface area contributed by atoms with Gasteiger partial charge in [-0.15, -0.1) is 0 Å². The maximum Gasteiger partial charge on any atom is 0.191 e. The van der Waals surface area contributed by atoms with Crippen molar-refractivity contribution in [2.75, 3.05) is 32.7 Å². The van der Waals surface area contributed by atoms with Crippen molar-refractivity contribution in [3.63, 3.8) is 0 Å². The minimum absolute atomic E-state index is 0.395. The van der Waals surface area contributed by atoms with E-state index in [9.17, 15) is 0 Å². The van der Waals surface area contributed by atoms with Crippen LogP contribution < -0.4 is 10.6 Å². The molecule has 5 heteroatoms. The molecule has 2 fully saturated rings. The van der Waals surface area contributed by atoms with Crippen molar-refractivity contribution in [2.45, 2.75) is 64.7 Å². The summed E-state index contributed by atoms with van der Waals surface area (Å²) in [4.78, 5) is 7.18. The highest BCUT2D eigenvalue weighted by Crippen LogP contribution is 2.34. The first-order chi connectivity index (χ1) is 10.3. The van der Waals surface area contributed by atoms with Crippen molar-refractivity contribution < 1.29 is 4.74 Å². The van der Waals surface area contributed by atoms with Gasteiger partial charge in [0.15, 0.2) is 5.96 Å². The molecule has 0 aromatic carbocycles. The van der Waals surface area contributed by atoms with Crippen LogP contribution in [0.1, 0.15) is 46.5 Å². The summed E-state index contributed by atoms with van der Waals surface area (Å²) in [6, 6.07) is 0.444. The number of rotatable bonds is 8. The highest BCUT2D eigenvalue weighted by molar-refractivity contribution is 5.80. The summed E-state index contributed by atoms with van der Waals surface area (Å²) < 4.78 is 5.90. The van der Waals surface area contributed by atoms with E-state index in [0.29, 0.717) is 18.2 Å². The second kappa shape index (κ2) is 8.59. The molecule has 2 rings (SSSR count). The fourth-order valence-electron chi connectivity index (χ4n) is 3.33. The summed E-state index contributed by atoms with van der Waals surface area (Å²) in [7, 11) is 0. The highest BCUT2D eigenvalue weighted by Gasteiger charge is 2.41. The van der Waals surface area contributed by atoms with E-state index in [4.69, 9.17) is 9.73 Å². The number of guanidine groups is 1. The number of hydrogen-bond acceptors (Lipinski definition) is 3. The number of hydrogen-bond donors (Lipinski definition) is 2. The Hall–Kier alpha value is -0.810. The highest BCUT2D eigenvalue weighted by atomic mass is 16.5. The molecule has 0 amide bonds. The molecule has 21 heavy (non-hydrogen) atoms. The molecule has 5 nitrogen and oxygen atoms in total. The van der Waals surface area contributed by atoms with Gasteiger partial charge in [0.05, 0.1) is 24.8 Å². The van der Waals surface area contributed by atoms with Crippen LogP contribution in [0.4, 0.5) is 0 Å². The molecule has 0 saturated carbocycles. The smallest absolute Gasteiger partial charge is 0.191 e. The van der Waals surface area contributed by atoms with Crippen LogP contribution >= 0.6 is 0 Å². The summed E-state index contributed by atoms with van der Waals surface area (Å²) in [6.45, 7) is 11.6. The third-order valence-corrected chi connectivity index (χ3v) is 4.45. The standard InChI is InChI=1S/C16H32N4O/c1-4-10-20(6-3)11-9-18-16(17-5-2)19-14-12-13-7-8-15(14)21-13/h13-15H,4-12H2,1-3H3,(H2,17,18,19). The van der Waals surface area contributed by atoms with Gasteiger partial charge < -0.3 is 20.3 Å². The second-order valence-electron chi connectivity index (χ2n) is 6.06. The number of likely N-dealkylation sites (N-methyl/N-ethyl adjacent to an activating group) is 1. The quantitative estimate of drug-likeness (QED) is 0.527. The molecule has 0 spiro atoms. The summed E-state index contributed by atoms with van der Waals surface area (Å²) in [5, 5.41) is 6.92. The van der Waals surface area contributed by atoms with Crippen LogP contribution in [0.15, 0.2) is 4.99 Å². The van der Waals surface area contributed by atoms with Gasteiger partial charge in [-0.3, -0.25) is 4.99 Å². The van der Waals surface area contributed by atoms with Crippen LogP contribution in [0.5, 0.6) is 0 Å². The van der Waals surface area contributed by atoms with Gasteiger partial charge in [0.2, 0.25) is 0 Å². The first kappa shape index (κ1) is 16.6. The van der Waals surface area contributed by atoms with Crippen molar-refractivity contribution in [3.8, 4) is 0 Å². The molecular formula is C16H32N4O. The fraction of sp³-hybridized carbons (Fsp3) is 0.938. The third-order valence-electron chi connectivity index (χ3n) is 4.45. The van der Waals surface area contributed by atoms with Crippen molar-refractivity contribution >= 4 is 5.96 Å². The third kappa shape index (κ3) is 4.85. The topological polar surface area (TPSA) is 48.9 Å². The summed E-state index contributed by atoms with van der Waals surface area (Å²) in [6.07, 6.45) is 5.65. The minimum atomic E-state index is 0.395. The van der Waals surface area contributed by atoms with Crippen LogP contribution in [0.25, 0.3) is 0 Å². The van der Waals surface area contributed by atoms with Gasteiger partial charge in [-0.1, -0.05) is 13.8 Å². The fourth-order valence-corrected chi connectivity index (χ4v) is 3.33. The van der Waals surface area contributed by atoms with Gasteiger partial charge in [0.25, 0.3) is 0 Å². The van der Waals surface area contributed by atoms with Gasteiger partial charge in [-0.2, -0.15) is 0 Å². The first-order valence-electron chi connectivity index (χ1n) is 8.69. The molecule has 2 saturated heterocycles. The minimum Gasteiger partial charge on any atom is -0.373 e. The summed E-state index contributed by atoms with van der Waals surface area (Å²) in [5.41, 5.74) is 0. The lowest BCUT2D eigenvalue weighted by Gasteiger charge is -2.23. The molecule has 2 N–H and O–H groups in total. The lowest BCUT2D eigenvalue weighted by molar-refractivity contribution is 0.0992. The molecule has 2 bridgehead atoms. The zero-order chi connectivity index (χ0) is 15.1. The molecule has 122 valence electrons. The van der Waals surface area contributed by atoms with Crippen molar-refractivity contribution in [3.05, 3.63) is 0 Å². The maximum absolute atomic E-state index is 5.90. The first-order valence-corrected chi connectivity index (χ1v) is 8.69. The Labute approximate surface area is 129 Å². The van der Waals surface area contributed by atoms with E-state index < -0.39 is 0 Å². The zero-order valence-electron chi connectivity index (χ0n) is 13.9. The van der Waals surface area contributed by atoms with E-state index >= 15 is 0 Å². The van der Waals surface area contributed by atoms with E-state index in [1.165, 1.54) is 19.3 Å². The molecule has 3 atom stereocenters. The van der Waals surface area contributed by atoms with E-state index in [0.717, 1.165) is 45.1 Å². The predicted octanol–water partition coefficient (Wildman–Crippen LogP) is 1.59. The largest absolute Gasteiger partial charge is 0.373 e. The van der Waals surface area contributed by atoms with Crippen molar-refractivity contribution in [2.24, 2.45) is 4.99 Å².